The van der Waals surface area contributed by atoms with Crippen LogP contribution in [0.5, 0.6) is 11.5 Å². The number of aryl methyl sites for hydroxylation is 1. The number of aromatic nitrogens is 4. The molecule has 1 amide bonds. The Morgan fingerprint density at radius 1 is 1.06 bits per heavy atom. The normalized spacial score (nSPS) is 20.4. The molecular weight excluding hydrogens is 683 g/mol. The topological polar surface area (TPSA) is 107 Å². The van der Waals surface area contributed by atoms with Gasteiger partial charge in [0.2, 0.25) is 0 Å². The Morgan fingerprint density at radius 3 is 2.69 bits per heavy atom. The number of hydrogen-bond acceptors (Lipinski definition) is 7. The number of fused-ring (bicyclic) bond motifs is 3. The molecular formula is C40H38ClFN6O4. The van der Waals surface area contributed by atoms with Gasteiger partial charge >= 0.3 is 0 Å². The van der Waals surface area contributed by atoms with Gasteiger partial charge in [-0.05, 0) is 106 Å². The van der Waals surface area contributed by atoms with Gasteiger partial charge in [-0.25, -0.2) is 9.37 Å². The lowest BCUT2D eigenvalue weighted by molar-refractivity contribution is -0.0712. The van der Waals surface area contributed by atoms with E-state index in [9.17, 15) is 9.18 Å². The van der Waals surface area contributed by atoms with Crippen LogP contribution in [0.15, 0.2) is 72.8 Å². The van der Waals surface area contributed by atoms with Crippen molar-refractivity contribution in [2.24, 2.45) is 0 Å². The van der Waals surface area contributed by atoms with Crippen LogP contribution in [0.3, 0.4) is 0 Å². The van der Waals surface area contributed by atoms with Crippen LogP contribution in [0, 0.1) is 12.7 Å². The number of likely N-dealkylation sites (tertiary alicyclic amines) is 1. The summed E-state index contributed by atoms with van der Waals surface area (Å²) >= 11 is 6.01. The highest BCUT2D eigenvalue weighted by Crippen LogP contribution is 2.50. The average Bonchev–Trinajstić information content (AvgIpc) is 3.78. The minimum Gasteiger partial charge on any atom is -0.444 e. The number of ether oxygens (including phenoxy) is 3. The third kappa shape index (κ3) is 5.96. The predicted molar refractivity (Wildman–Crippen MR) is 197 cm³/mol. The first-order valence-electron chi connectivity index (χ1n) is 17.8. The van der Waals surface area contributed by atoms with E-state index >= 15 is 0 Å². The van der Waals surface area contributed by atoms with E-state index in [4.69, 9.17) is 30.8 Å². The molecule has 0 radical (unpaired) electrons. The second-order valence-corrected chi connectivity index (χ2v) is 14.6. The number of amides is 1. The van der Waals surface area contributed by atoms with Crippen molar-refractivity contribution in [3.63, 3.8) is 0 Å². The largest absolute Gasteiger partial charge is 0.444 e. The number of H-pyrrole nitrogens is 1. The molecule has 4 aromatic carbocycles. The number of aromatic amines is 1. The molecule has 0 saturated carbocycles. The molecule has 10 nitrogen and oxygen atoms in total. The standard InChI is InChI=1S/C40H38ClFN6O4/c1-23-30-20-27(8-10-33(30)46-45-23)43-39(49)25-6-11-35-34(18-25)44-37(48(35)21-28-14-17-50-28)22-47-15-12-24(13-16-47)29-4-3-5-36-38(29)52-40(2,51-36)31-9-7-26(41)19-32(31)42/h3-11,18-20,24,28H,12-17,21-22H2,1-2H3,(H,43,49)(H,45,46)/t28-,40?/m0/s1. The van der Waals surface area contributed by atoms with Crippen LogP contribution >= 0.6 is 11.6 Å². The number of nitrogens with zero attached hydrogens (tertiary/aromatic N) is 4. The SMILES string of the molecule is Cc1n[nH]c2ccc(NC(=O)c3ccc4c(c3)nc(CN3CCC(c5cccc6c5OC(C)(c5ccc(Cl)cc5F)O6)CC3)n4C[C@@H]3CCO3)cc12. The zero-order valence-electron chi connectivity index (χ0n) is 28.9. The van der Waals surface area contributed by atoms with Crippen molar-refractivity contribution in [2.75, 3.05) is 25.0 Å². The third-order valence-corrected chi connectivity index (χ3v) is 10.9. The van der Waals surface area contributed by atoms with E-state index in [1.54, 1.807) is 19.1 Å². The first-order valence-corrected chi connectivity index (χ1v) is 18.1. The maximum atomic E-state index is 14.9. The summed E-state index contributed by atoms with van der Waals surface area (Å²) in [7, 11) is 0. The number of para-hydroxylation sites is 1. The summed E-state index contributed by atoms with van der Waals surface area (Å²) in [6.07, 6.45) is 3.02. The maximum Gasteiger partial charge on any atom is 0.278 e. The second kappa shape index (κ2) is 12.9. The van der Waals surface area contributed by atoms with Crippen molar-refractivity contribution >= 4 is 45.1 Å². The van der Waals surface area contributed by atoms with Gasteiger partial charge in [-0.3, -0.25) is 14.8 Å². The van der Waals surface area contributed by atoms with Crippen LogP contribution in [-0.2, 0) is 23.6 Å². The minimum absolute atomic E-state index is 0.153. The van der Waals surface area contributed by atoms with E-state index in [-0.39, 0.29) is 17.9 Å². The van der Waals surface area contributed by atoms with Crippen LogP contribution in [0.2, 0.25) is 5.02 Å². The molecule has 0 bridgehead atoms. The number of anilines is 1. The van der Waals surface area contributed by atoms with E-state index < -0.39 is 11.6 Å². The molecule has 266 valence electrons. The van der Waals surface area contributed by atoms with Crippen molar-refractivity contribution in [2.45, 2.75) is 64.0 Å². The summed E-state index contributed by atoms with van der Waals surface area (Å²) in [5, 5.41) is 11.6. The quantitative estimate of drug-likeness (QED) is 0.164. The molecule has 0 aliphatic carbocycles. The molecule has 52 heavy (non-hydrogen) atoms. The van der Waals surface area contributed by atoms with E-state index in [0.717, 1.165) is 84.5 Å². The van der Waals surface area contributed by atoms with Gasteiger partial charge in [-0.1, -0.05) is 23.7 Å². The number of halogens is 2. The van der Waals surface area contributed by atoms with Crippen LogP contribution in [0.1, 0.15) is 65.1 Å². The average molecular weight is 721 g/mol. The maximum absolute atomic E-state index is 14.9. The van der Waals surface area contributed by atoms with Gasteiger partial charge < -0.3 is 24.1 Å². The lowest BCUT2D eigenvalue weighted by atomic mass is 9.88. The van der Waals surface area contributed by atoms with Crippen molar-refractivity contribution in [3.8, 4) is 11.5 Å². The molecule has 1 unspecified atom stereocenters. The lowest BCUT2D eigenvalue weighted by Gasteiger charge is -2.33. The Balaban J connectivity index is 0.911. The number of carbonyl (C=O) groups excluding carboxylic acids is 1. The summed E-state index contributed by atoms with van der Waals surface area (Å²) in [5.74, 6) is 0.566. The van der Waals surface area contributed by atoms with Gasteiger partial charge in [0.1, 0.15) is 11.6 Å². The number of rotatable bonds is 8. The van der Waals surface area contributed by atoms with Crippen LogP contribution in [0.4, 0.5) is 10.1 Å². The molecule has 3 aliphatic heterocycles. The summed E-state index contributed by atoms with van der Waals surface area (Å²) in [6.45, 7) is 7.60. The van der Waals surface area contributed by atoms with Crippen LogP contribution in [-0.4, -0.2) is 56.4 Å². The number of hydrogen-bond donors (Lipinski definition) is 2. The Labute approximate surface area is 304 Å². The molecule has 5 heterocycles. The fraction of sp³-hybridized carbons (Fsp3) is 0.325. The number of carbonyl (C=O) groups is 1. The van der Waals surface area contributed by atoms with Crippen molar-refractivity contribution in [1.29, 1.82) is 0 Å². The fourth-order valence-electron chi connectivity index (χ4n) is 7.74. The van der Waals surface area contributed by atoms with E-state index in [0.29, 0.717) is 39.9 Å². The van der Waals surface area contributed by atoms with Crippen molar-refractivity contribution < 1.29 is 23.4 Å². The number of benzene rings is 4. The summed E-state index contributed by atoms with van der Waals surface area (Å²) in [5.41, 5.74) is 6.23. The van der Waals surface area contributed by atoms with E-state index in [2.05, 4.69) is 31.0 Å². The predicted octanol–water partition coefficient (Wildman–Crippen LogP) is 8.08. The van der Waals surface area contributed by atoms with Crippen LogP contribution in [0.25, 0.3) is 21.9 Å². The van der Waals surface area contributed by atoms with Gasteiger partial charge in [-0.15, -0.1) is 0 Å². The molecule has 0 spiro atoms. The van der Waals surface area contributed by atoms with Gasteiger partial charge in [0.05, 0.1) is 47.0 Å². The van der Waals surface area contributed by atoms with Gasteiger partial charge in [0, 0.05) is 40.8 Å². The molecule has 2 atom stereocenters. The smallest absolute Gasteiger partial charge is 0.278 e. The van der Waals surface area contributed by atoms with E-state index in [1.165, 1.54) is 6.07 Å². The zero-order chi connectivity index (χ0) is 35.6. The summed E-state index contributed by atoms with van der Waals surface area (Å²) in [6, 6.07) is 22.0. The third-order valence-electron chi connectivity index (χ3n) is 10.7. The van der Waals surface area contributed by atoms with Crippen LogP contribution < -0.4 is 14.8 Å². The Bertz CT molecular complexity index is 2350. The Kier molecular flexibility index (Phi) is 8.17. The first kappa shape index (κ1) is 32.9. The number of imidazole rings is 1. The summed E-state index contributed by atoms with van der Waals surface area (Å²) in [4.78, 5) is 20.9. The van der Waals surface area contributed by atoms with Gasteiger partial charge in [0.25, 0.3) is 11.7 Å². The molecule has 12 heteroatoms. The van der Waals surface area contributed by atoms with Gasteiger partial charge in [-0.2, -0.15) is 5.10 Å². The molecule has 2 aromatic heterocycles. The Hall–Kier alpha value is -4.97. The molecule has 3 aliphatic rings. The molecule has 2 saturated heterocycles. The van der Waals surface area contributed by atoms with E-state index in [1.807, 2.05) is 55.5 Å². The molecule has 2 fully saturated rings. The molecule has 2 N–H and O–H groups in total. The van der Waals surface area contributed by atoms with Gasteiger partial charge in [0.15, 0.2) is 11.5 Å². The molecule has 9 rings (SSSR count). The zero-order valence-corrected chi connectivity index (χ0v) is 29.7. The Morgan fingerprint density at radius 2 is 1.90 bits per heavy atom. The number of piperidine rings is 1. The number of nitrogens with one attached hydrogen (secondary N) is 2. The minimum atomic E-state index is -1.29. The highest BCUT2D eigenvalue weighted by molar-refractivity contribution is 6.30. The first-order chi connectivity index (χ1) is 25.2. The summed E-state index contributed by atoms with van der Waals surface area (Å²) < 4.78 is 35.7. The highest BCUT2D eigenvalue weighted by Gasteiger charge is 2.43. The van der Waals surface area contributed by atoms with Crippen molar-refractivity contribution in [3.05, 3.63) is 112 Å². The van der Waals surface area contributed by atoms with Crippen molar-refractivity contribution in [1.82, 2.24) is 24.6 Å². The monoisotopic (exact) mass is 720 g/mol. The lowest BCUT2D eigenvalue weighted by Crippen LogP contribution is -2.35. The molecule has 6 aromatic rings. The second-order valence-electron chi connectivity index (χ2n) is 14.1. The fourth-order valence-corrected chi connectivity index (χ4v) is 7.90. The highest BCUT2D eigenvalue weighted by atomic mass is 35.5.